The lowest BCUT2D eigenvalue weighted by Gasteiger charge is -2.17. The average Bonchev–Trinajstić information content (AvgIpc) is 2.93. The molecule has 8 nitrogen and oxygen atoms in total. The number of hydrogen-bond acceptors (Lipinski definition) is 7. The molecule has 25 heavy (non-hydrogen) atoms. The average molecular weight is 381 g/mol. The summed E-state index contributed by atoms with van der Waals surface area (Å²) in [5.41, 5.74) is 0.787. The van der Waals surface area contributed by atoms with Crippen molar-refractivity contribution in [3.63, 3.8) is 0 Å². The highest BCUT2D eigenvalue weighted by Crippen LogP contribution is 2.36. The van der Waals surface area contributed by atoms with Crippen molar-refractivity contribution in [3.05, 3.63) is 20.8 Å². The smallest absolute Gasteiger partial charge is 0.321 e. The summed E-state index contributed by atoms with van der Waals surface area (Å²) < 4.78 is 0.991. The Labute approximate surface area is 152 Å². The Morgan fingerprint density at radius 1 is 1.48 bits per heavy atom. The van der Waals surface area contributed by atoms with Gasteiger partial charge in [0.1, 0.15) is 4.83 Å². The van der Waals surface area contributed by atoms with Gasteiger partial charge in [-0.25, -0.2) is 14.5 Å². The number of carbonyl (C=O) groups excluding carboxylic acids is 2. The van der Waals surface area contributed by atoms with E-state index in [0.29, 0.717) is 16.1 Å². The van der Waals surface area contributed by atoms with Gasteiger partial charge in [0.25, 0.3) is 5.56 Å². The summed E-state index contributed by atoms with van der Waals surface area (Å²) in [6, 6.07) is -0.584. The summed E-state index contributed by atoms with van der Waals surface area (Å²) in [4.78, 5) is 41.8. The zero-order valence-electron chi connectivity index (χ0n) is 13.9. The maximum Gasteiger partial charge on any atom is 0.321 e. The number of thiophene rings is 1. The molecule has 3 rings (SSSR count). The molecule has 134 valence electrons. The molecule has 4 N–H and O–H groups in total. The predicted molar refractivity (Wildman–Crippen MR) is 98.5 cm³/mol. The maximum absolute atomic E-state index is 12.7. The standard InChI is InChI=1S/C15H19N5O3S2/c1-7-3-4-8-9(5-7)25-12-11(8)13(22)20(16)15(19-12)24-6-10(21)18-14(23)17-2/h7H,3-6,16H2,1-2H3,(H2,17,18,21,23)/t7-/m1/s1. The van der Waals surface area contributed by atoms with Crippen molar-refractivity contribution in [1.29, 1.82) is 0 Å². The predicted octanol–water partition coefficient (Wildman–Crippen LogP) is 0.844. The molecule has 0 aliphatic heterocycles. The first-order chi connectivity index (χ1) is 11.9. The van der Waals surface area contributed by atoms with Crippen molar-refractivity contribution in [3.8, 4) is 0 Å². The molecule has 2 aromatic heterocycles. The second-order valence-corrected chi connectivity index (χ2v) is 8.04. The summed E-state index contributed by atoms with van der Waals surface area (Å²) >= 11 is 2.56. The molecule has 2 aromatic rings. The minimum absolute atomic E-state index is 0.0648. The minimum Gasteiger partial charge on any atom is -0.341 e. The monoisotopic (exact) mass is 381 g/mol. The van der Waals surface area contributed by atoms with Crippen LogP contribution in [0.2, 0.25) is 0 Å². The summed E-state index contributed by atoms with van der Waals surface area (Å²) in [6.45, 7) is 2.20. The van der Waals surface area contributed by atoms with Crippen LogP contribution in [0, 0.1) is 5.92 Å². The molecular formula is C15H19N5O3S2. The number of imide groups is 1. The number of thioether (sulfide) groups is 1. The number of fused-ring (bicyclic) bond motifs is 3. The number of hydrogen-bond donors (Lipinski definition) is 3. The first-order valence-electron chi connectivity index (χ1n) is 7.87. The minimum atomic E-state index is -0.584. The van der Waals surface area contributed by atoms with Gasteiger partial charge in [-0.2, -0.15) is 0 Å². The molecule has 0 fully saturated rings. The number of nitrogens with one attached hydrogen (secondary N) is 2. The summed E-state index contributed by atoms with van der Waals surface area (Å²) in [5.74, 6) is 5.94. The Bertz CT molecular complexity index is 905. The van der Waals surface area contributed by atoms with E-state index >= 15 is 0 Å². The lowest BCUT2D eigenvalue weighted by atomic mass is 9.89. The Hall–Kier alpha value is -2.07. The molecule has 1 aliphatic rings. The van der Waals surface area contributed by atoms with Crippen LogP contribution in [-0.2, 0) is 17.6 Å². The molecule has 2 heterocycles. The first kappa shape index (κ1) is 17.7. The zero-order chi connectivity index (χ0) is 18.1. The fourth-order valence-electron chi connectivity index (χ4n) is 2.84. The third-order valence-electron chi connectivity index (χ3n) is 4.14. The quantitative estimate of drug-likeness (QED) is 0.412. The third kappa shape index (κ3) is 3.49. The van der Waals surface area contributed by atoms with Crippen molar-refractivity contribution in [2.24, 2.45) is 5.92 Å². The van der Waals surface area contributed by atoms with Crippen molar-refractivity contribution < 1.29 is 9.59 Å². The van der Waals surface area contributed by atoms with Crippen molar-refractivity contribution in [1.82, 2.24) is 20.3 Å². The topological polar surface area (TPSA) is 119 Å². The molecule has 0 spiro atoms. The van der Waals surface area contributed by atoms with E-state index in [9.17, 15) is 14.4 Å². The normalized spacial score (nSPS) is 16.5. The Balaban J connectivity index is 1.88. The molecule has 0 aromatic carbocycles. The van der Waals surface area contributed by atoms with E-state index in [0.717, 1.165) is 41.3 Å². The van der Waals surface area contributed by atoms with E-state index in [2.05, 4.69) is 22.5 Å². The van der Waals surface area contributed by atoms with E-state index in [1.807, 2.05) is 0 Å². The van der Waals surface area contributed by atoms with Crippen molar-refractivity contribution >= 4 is 45.3 Å². The van der Waals surface area contributed by atoms with Crippen LogP contribution in [0.3, 0.4) is 0 Å². The van der Waals surface area contributed by atoms with E-state index in [1.165, 1.54) is 23.3 Å². The molecule has 0 unspecified atom stereocenters. The van der Waals surface area contributed by atoms with Gasteiger partial charge in [0, 0.05) is 11.9 Å². The van der Waals surface area contributed by atoms with E-state index in [-0.39, 0.29) is 16.5 Å². The Kier molecular flexibility index (Phi) is 5.00. The SMILES string of the molecule is CNC(=O)NC(=O)CSc1nc2sc3c(c2c(=O)n1N)CC[C@@H](C)C3. The van der Waals surface area contributed by atoms with Crippen LogP contribution in [0.15, 0.2) is 9.95 Å². The molecule has 1 atom stereocenters. The highest BCUT2D eigenvalue weighted by Gasteiger charge is 2.24. The summed E-state index contributed by atoms with van der Waals surface area (Å²) in [7, 11) is 1.42. The zero-order valence-corrected chi connectivity index (χ0v) is 15.6. The number of aryl methyl sites for hydroxylation is 1. The van der Waals surface area contributed by atoms with E-state index in [4.69, 9.17) is 5.84 Å². The van der Waals surface area contributed by atoms with Gasteiger partial charge in [0.2, 0.25) is 5.91 Å². The van der Waals surface area contributed by atoms with Crippen LogP contribution in [-0.4, -0.2) is 34.4 Å². The number of nitrogens with two attached hydrogens (primary N) is 1. The highest BCUT2D eigenvalue weighted by molar-refractivity contribution is 7.99. The van der Waals surface area contributed by atoms with Gasteiger partial charge in [-0.05, 0) is 30.7 Å². The van der Waals surface area contributed by atoms with Gasteiger partial charge in [-0.1, -0.05) is 18.7 Å². The van der Waals surface area contributed by atoms with Crippen LogP contribution in [0.1, 0.15) is 23.8 Å². The molecule has 0 bridgehead atoms. The van der Waals surface area contributed by atoms with Gasteiger partial charge in [0.05, 0.1) is 11.1 Å². The van der Waals surface area contributed by atoms with Gasteiger partial charge in [-0.3, -0.25) is 14.9 Å². The lowest BCUT2D eigenvalue weighted by Crippen LogP contribution is -2.38. The third-order valence-corrected chi connectivity index (χ3v) is 6.24. The number of aromatic nitrogens is 2. The molecule has 0 radical (unpaired) electrons. The number of amides is 3. The number of rotatable bonds is 3. The van der Waals surface area contributed by atoms with Crippen LogP contribution in [0.25, 0.3) is 10.2 Å². The molecule has 10 heteroatoms. The van der Waals surface area contributed by atoms with Crippen LogP contribution >= 0.6 is 23.1 Å². The van der Waals surface area contributed by atoms with Gasteiger partial charge in [0.15, 0.2) is 5.16 Å². The van der Waals surface area contributed by atoms with Crippen LogP contribution in [0.5, 0.6) is 0 Å². The molecule has 3 amide bonds. The van der Waals surface area contributed by atoms with E-state index in [1.54, 1.807) is 0 Å². The summed E-state index contributed by atoms with van der Waals surface area (Å²) in [6.07, 6.45) is 2.88. The van der Waals surface area contributed by atoms with Gasteiger partial charge < -0.3 is 11.2 Å². The fraction of sp³-hybridized carbons (Fsp3) is 0.467. The lowest BCUT2D eigenvalue weighted by molar-refractivity contribution is -0.117. The Morgan fingerprint density at radius 3 is 2.96 bits per heavy atom. The van der Waals surface area contributed by atoms with Crippen molar-refractivity contribution in [2.75, 3.05) is 18.6 Å². The van der Waals surface area contributed by atoms with E-state index < -0.39 is 11.9 Å². The second kappa shape index (κ2) is 7.04. The summed E-state index contributed by atoms with van der Waals surface area (Å²) in [5, 5.41) is 5.31. The van der Waals surface area contributed by atoms with Gasteiger partial charge in [-0.15, -0.1) is 11.3 Å². The second-order valence-electron chi connectivity index (χ2n) is 6.02. The largest absolute Gasteiger partial charge is 0.341 e. The molecule has 1 aliphatic carbocycles. The highest BCUT2D eigenvalue weighted by atomic mass is 32.2. The number of carbonyl (C=O) groups is 2. The first-order valence-corrected chi connectivity index (χ1v) is 9.67. The van der Waals surface area contributed by atoms with Gasteiger partial charge >= 0.3 is 6.03 Å². The van der Waals surface area contributed by atoms with Crippen LogP contribution < -0.4 is 22.0 Å². The van der Waals surface area contributed by atoms with Crippen molar-refractivity contribution in [2.45, 2.75) is 31.3 Å². The molecule has 0 saturated heterocycles. The molecule has 0 saturated carbocycles. The Morgan fingerprint density at radius 2 is 2.24 bits per heavy atom. The number of urea groups is 1. The maximum atomic E-state index is 12.7. The number of nitrogens with zero attached hydrogens (tertiary/aromatic N) is 2. The van der Waals surface area contributed by atoms with Crippen LogP contribution in [0.4, 0.5) is 4.79 Å². The fourth-order valence-corrected chi connectivity index (χ4v) is 4.98. The molecular weight excluding hydrogens is 362 g/mol. The number of nitrogen functional groups attached to an aromatic ring is 1.